The second-order valence-corrected chi connectivity index (χ2v) is 7.47. The molecule has 0 aliphatic carbocycles. The lowest BCUT2D eigenvalue weighted by molar-refractivity contribution is -0.127. The highest BCUT2D eigenvalue weighted by Gasteiger charge is 2.37. The summed E-state index contributed by atoms with van der Waals surface area (Å²) in [5, 5.41) is 5.41. The molecule has 2 aromatic rings. The summed E-state index contributed by atoms with van der Waals surface area (Å²) >= 11 is 3.12. The maximum Gasteiger partial charge on any atom is 0.325 e. The van der Waals surface area contributed by atoms with Gasteiger partial charge in [0, 0.05) is 5.38 Å². The van der Waals surface area contributed by atoms with Gasteiger partial charge in [-0.1, -0.05) is 18.2 Å². The summed E-state index contributed by atoms with van der Waals surface area (Å²) in [6, 6.07) is 8.76. The monoisotopic (exact) mass is 377 g/mol. The number of carbonyl (C=O) groups is 2. The van der Waals surface area contributed by atoms with Gasteiger partial charge in [-0.15, -0.1) is 11.3 Å². The SMILES string of the molecule is CSCCC1NC(=O)N(Cc2csc(COc3ccccc3)n2)C1=O. The molecule has 1 aliphatic rings. The van der Waals surface area contributed by atoms with E-state index in [9.17, 15) is 9.59 Å². The minimum atomic E-state index is -0.417. The highest BCUT2D eigenvalue weighted by molar-refractivity contribution is 7.98. The third kappa shape index (κ3) is 4.52. The summed E-state index contributed by atoms with van der Waals surface area (Å²) in [7, 11) is 0. The lowest BCUT2D eigenvalue weighted by Gasteiger charge is -2.11. The molecule has 1 atom stereocenters. The van der Waals surface area contributed by atoms with Crippen LogP contribution in [-0.4, -0.2) is 39.9 Å². The Balaban J connectivity index is 1.56. The van der Waals surface area contributed by atoms with Gasteiger partial charge in [0.25, 0.3) is 5.91 Å². The molecule has 1 aromatic heterocycles. The second kappa shape index (κ2) is 8.35. The van der Waals surface area contributed by atoms with E-state index < -0.39 is 6.04 Å². The van der Waals surface area contributed by atoms with Gasteiger partial charge in [0.1, 0.15) is 23.4 Å². The summed E-state index contributed by atoms with van der Waals surface area (Å²) in [6.07, 6.45) is 2.63. The number of ether oxygens (including phenoxy) is 1. The molecule has 25 heavy (non-hydrogen) atoms. The standard InChI is InChI=1S/C17H19N3O3S2/c1-24-8-7-14-16(21)20(17(22)19-14)9-12-11-25-15(18-12)10-23-13-5-3-2-4-6-13/h2-6,11,14H,7-10H2,1H3,(H,19,22). The van der Waals surface area contributed by atoms with E-state index in [-0.39, 0.29) is 18.5 Å². The second-order valence-electron chi connectivity index (χ2n) is 5.54. The number of hydrogen-bond donors (Lipinski definition) is 1. The Bertz CT molecular complexity index is 736. The van der Waals surface area contributed by atoms with Crippen LogP contribution in [0.5, 0.6) is 5.75 Å². The Labute approximate surface area is 154 Å². The van der Waals surface area contributed by atoms with Gasteiger partial charge >= 0.3 is 6.03 Å². The number of carbonyl (C=O) groups excluding carboxylic acids is 2. The average molecular weight is 377 g/mol. The van der Waals surface area contributed by atoms with Gasteiger partial charge in [0.05, 0.1) is 12.2 Å². The molecule has 0 spiro atoms. The summed E-state index contributed by atoms with van der Waals surface area (Å²) in [5.74, 6) is 1.45. The Hall–Kier alpha value is -2.06. The molecule has 1 unspecified atom stereocenters. The van der Waals surface area contributed by atoms with E-state index in [1.54, 1.807) is 11.8 Å². The number of amides is 3. The number of benzene rings is 1. The van der Waals surface area contributed by atoms with E-state index in [1.165, 1.54) is 16.2 Å². The molecule has 0 saturated carbocycles. The van der Waals surface area contributed by atoms with Gasteiger partial charge in [-0.3, -0.25) is 9.69 Å². The summed E-state index contributed by atoms with van der Waals surface area (Å²) in [6.45, 7) is 0.563. The lowest BCUT2D eigenvalue weighted by atomic mass is 10.2. The molecule has 1 fully saturated rings. The molecule has 0 bridgehead atoms. The van der Waals surface area contributed by atoms with Crippen LogP contribution in [0.2, 0.25) is 0 Å². The normalized spacial score (nSPS) is 17.0. The molecule has 1 aliphatic heterocycles. The zero-order valence-corrected chi connectivity index (χ0v) is 15.4. The molecule has 3 amide bonds. The predicted molar refractivity (Wildman–Crippen MR) is 98.8 cm³/mol. The van der Waals surface area contributed by atoms with Crippen molar-refractivity contribution in [1.82, 2.24) is 15.2 Å². The highest BCUT2D eigenvalue weighted by Crippen LogP contribution is 2.18. The number of hydrogen-bond acceptors (Lipinski definition) is 6. The van der Waals surface area contributed by atoms with E-state index in [4.69, 9.17) is 4.74 Å². The van der Waals surface area contributed by atoms with E-state index in [0.29, 0.717) is 18.7 Å². The first-order valence-corrected chi connectivity index (χ1v) is 10.2. The van der Waals surface area contributed by atoms with E-state index in [0.717, 1.165) is 16.5 Å². The average Bonchev–Trinajstić information content (AvgIpc) is 3.19. The van der Waals surface area contributed by atoms with E-state index in [2.05, 4.69) is 10.3 Å². The van der Waals surface area contributed by atoms with Crippen molar-refractivity contribution in [3.05, 3.63) is 46.4 Å². The fourth-order valence-corrected chi connectivity index (χ4v) is 3.64. The number of thiazole rings is 1. The maximum atomic E-state index is 12.3. The topological polar surface area (TPSA) is 71.5 Å². The van der Waals surface area contributed by atoms with Gasteiger partial charge < -0.3 is 10.1 Å². The van der Waals surface area contributed by atoms with E-state index >= 15 is 0 Å². The molecule has 8 heteroatoms. The summed E-state index contributed by atoms with van der Waals surface area (Å²) in [5.41, 5.74) is 0.700. The van der Waals surface area contributed by atoms with Crippen molar-refractivity contribution < 1.29 is 14.3 Å². The number of para-hydroxylation sites is 1. The summed E-state index contributed by atoms with van der Waals surface area (Å²) in [4.78, 5) is 30.0. The lowest BCUT2D eigenvalue weighted by Crippen LogP contribution is -2.31. The smallest absolute Gasteiger partial charge is 0.325 e. The molecule has 0 radical (unpaired) electrons. The van der Waals surface area contributed by atoms with Crippen LogP contribution in [0.1, 0.15) is 17.1 Å². The van der Waals surface area contributed by atoms with Gasteiger partial charge in [-0.25, -0.2) is 9.78 Å². The van der Waals surface area contributed by atoms with Crippen molar-refractivity contribution >= 4 is 35.0 Å². The molecular formula is C17H19N3O3S2. The molecule has 1 aromatic carbocycles. The van der Waals surface area contributed by atoms with Crippen LogP contribution in [0, 0.1) is 0 Å². The number of imide groups is 1. The van der Waals surface area contributed by atoms with Crippen molar-refractivity contribution in [3.63, 3.8) is 0 Å². The quantitative estimate of drug-likeness (QED) is 0.716. The maximum absolute atomic E-state index is 12.3. The van der Waals surface area contributed by atoms with Gasteiger partial charge in [-0.2, -0.15) is 11.8 Å². The van der Waals surface area contributed by atoms with Crippen LogP contribution in [0.15, 0.2) is 35.7 Å². The largest absolute Gasteiger partial charge is 0.486 e. The molecular weight excluding hydrogens is 358 g/mol. The van der Waals surface area contributed by atoms with Crippen LogP contribution in [0.3, 0.4) is 0 Å². The van der Waals surface area contributed by atoms with Crippen molar-refractivity contribution in [2.24, 2.45) is 0 Å². The van der Waals surface area contributed by atoms with Crippen molar-refractivity contribution in [2.45, 2.75) is 25.6 Å². The van der Waals surface area contributed by atoms with Crippen molar-refractivity contribution in [1.29, 1.82) is 0 Å². The molecule has 2 heterocycles. The Morgan fingerprint density at radius 2 is 2.12 bits per heavy atom. The number of rotatable bonds is 8. The summed E-state index contributed by atoms with van der Waals surface area (Å²) < 4.78 is 5.66. The van der Waals surface area contributed by atoms with Gasteiger partial charge in [0.15, 0.2) is 0 Å². The Kier molecular flexibility index (Phi) is 5.93. The molecule has 132 valence electrons. The molecule has 6 nitrogen and oxygen atoms in total. The Morgan fingerprint density at radius 1 is 1.32 bits per heavy atom. The minimum Gasteiger partial charge on any atom is -0.486 e. The minimum absolute atomic E-state index is 0.172. The van der Waals surface area contributed by atoms with Crippen LogP contribution in [-0.2, 0) is 17.9 Å². The first kappa shape index (κ1) is 17.8. The van der Waals surface area contributed by atoms with Gasteiger partial charge in [-0.05, 0) is 30.6 Å². The number of nitrogens with zero attached hydrogens (tertiary/aromatic N) is 2. The zero-order valence-electron chi connectivity index (χ0n) is 13.8. The number of aromatic nitrogens is 1. The third-order valence-electron chi connectivity index (χ3n) is 3.74. The molecule has 3 rings (SSSR count). The van der Waals surface area contributed by atoms with Crippen LogP contribution < -0.4 is 10.1 Å². The number of nitrogens with one attached hydrogen (secondary N) is 1. The van der Waals surface area contributed by atoms with Crippen LogP contribution in [0.25, 0.3) is 0 Å². The first-order chi connectivity index (χ1) is 12.2. The van der Waals surface area contributed by atoms with E-state index in [1.807, 2.05) is 42.0 Å². The Morgan fingerprint density at radius 3 is 2.88 bits per heavy atom. The number of urea groups is 1. The zero-order chi connectivity index (χ0) is 17.6. The van der Waals surface area contributed by atoms with Crippen LogP contribution in [0.4, 0.5) is 4.79 Å². The van der Waals surface area contributed by atoms with Crippen LogP contribution >= 0.6 is 23.1 Å². The van der Waals surface area contributed by atoms with Crippen molar-refractivity contribution in [3.8, 4) is 5.75 Å². The number of thioether (sulfide) groups is 1. The third-order valence-corrected chi connectivity index (χ3v) is 5.26. The fraction of sp³-hybridized carbons (Fsp3) is 0.353. The molecule has 1 N–H and O–H groups in total. The van der Waals surface area contributed by atoms with Crippen molar-refractivity contribution in [2.75, 3.05) is 12.0 Å². The predicted octanol–water partition coefficient (Wildman–Crippen LogP) is 2.90. The molecule has 1 saturated heterocycles. The fourth-order valence-electron chi connectivity index (χ4n) is 2.47. The van der Waals surface area contributed by atoms with Gasteiger partial charge in [0.2, 0.25) is 0 Å². The highest BCUT2D eigenvalue weighted by atomic mass is 32.2. The first-order valence-electron chi connectivity index (χ1n) is 7.89.